The highest BCUT2D eigenvalue weighted by Gasteiger charge is 2.04. The van der Waals surface area contributed by atoms with Gasteiger partial charge in [0.05, 0.1) is 0 Å². The van der Waals surface area contributed by atoms with E-state index in [0.717, 1.165) is 18.8 Å². The fourth-order valence-electron chi connectivity index (χ4n) is 3.89. The molecule has 0 aromatic carbocycles. The first-order chi connectivity index (χ1) is 12.3. The molecule has 25 heavy (non-hydrogen) atoms. The lowest BCUT2D eigenvalue weighted by molar-refractivity contribution is 0.402. The highest BCUT2D eigenvalue weighted by Crippen LogP contribution is 2.20. The molecule has 0 bridgehead atoms. The lowest BCUT2D eigenvalue weighted by Gasteiger charge is -2.13. The molecule has 1 unspecified atom stereocenters. The topological polar surface area (TPSA) is 0 Å². The molecule has 2 radical (unpaired) electrons. The van der Waals surface area contributed by atoms with Crippen LogP contribution in [0.1, 0.15) is 142 Å². The normalized spacial score (nSPS) is 12.6. The third-order valence-corrected chi connectivity index (χ3v) is 5.80. The van der Waals surface area contributed by atoms with Gasteiger partial charge in [0.1, 0.15) is 0 Å². The highest BCUT2D eigenvalue weighted by molar-refractivity contribution is 4.59. The Labute approximate surface area is 161 Å². The summed E-state index contributed by atoms with van der Waals surface area (Å²) in [7, 11) is 0. The number of hydrogen-bond acceptors (Lipinski definition) is 0. The molecule has 0 fully saturated rings. The van der Waals surface area contributed by atoms with Crippen molar-refractivity contribution in [3.63, 3.8) is 0 Å². The summed E-state index contributed by atoms with van der Waals surface area (Å²) in [5.74, 6) is 0.977. The van der Waals surface area contributed by atoms with Gasteiger partial charge in [0, 0.05) is 0 Å². The molecule has 0 nitrogen and oxygen atoms in total. The van der Waals surface area contributed by atoms with Crippen LogP contribution < -0.4 is 0 Å². The number of rotatable bonds is 21. The molecule has 0 rings (SSSR count). The van der Waals surface area contributed by atoms with Gasteiger partial charge in [-0.1, -0.05) is 156 Å². The van der Waals surface area contributed by atoms with Crippen molar-refractivity contribution in [2.24, 2.45) is 5.92 Å². The van der Waals surface area contributed by atoms with Crippen molar-refractivity contribution in [1.29, 1.82) is 0 Å². The Morgan fingerprint density at radius 2 is 0.760 bits per heavy atom. The first-order valence-corrected chi connectivity index (χ1v) is 11.9. The van der Waals surface area contributed by atoms with Crippen LogP contribution in [0.5, 0.6) is 0 Å². The van der Waals surface area contributed by atoms with E-state index in [-0.39, 0.29) is 0 Å². The third kappa shape index (κ3) is 20.2. The van der Waals surface area contributed by atoms with Gasteiger partial charge in [-0.05, 0) is 5.92 Å². The van der Waals surface area contributed by atoms with Crippen LogP contribution in [0, 0.1) is 19.8 Å². The van der Waals surface area contributed by atoms with E-state index in [4.69, 9.17) is 0 Å². The molecule has 150 valence electrons. The molecule has 0 aromatic rings. The molecule has 0 heteroatoms. The van der Waals surface area contributed by atoms with Crippen LogP contribution in [-0.4, -0.2) is 0 Å². The van der Waals surface area contributed by atoms with Crippen molar-refractivity contribution in [1.82, 2.24) is 0 Å². The molecule has 1 atom stereocenters. The van der Waals surface area contributed by atoms with Gasteiger partial charge in [0.15, 0.2) is 0 Å². The Morgan fingerprint density at radius 1 is 0.440 bits per heavy atom. The van der Waals surface area contributed by atoms with Gasteiger partial charge in [-0.15, -0.1) is 0 Å². The molecule has 0 heterocycles. The molecule has 0 aliphatic heterocycles. The Balaban J connectivity index is 3.11. The average molecular weight is 351 g/mol. The maximum Gasteiger partial charge on any atom is -0.0417 e. The summed E-state index contributed by atoms with van der Waals surface area (Å²) in [6, 6.07) is 0. The zero-order valence-corrected chi connectivity index (χ0v) is 17.8. The summed E-state index contributed by atoms with van der Waals surface area (Å²) in [6.45, 7) is 10.2. The van der Waals surface area contributed by atoms with Gasteiger partial charge in [-0.25, -0.2) is 0 Å². The molecule has 0 N–H and O–H groups in total. The van der Waals surface area contributed by atoms with Crippen molar-refractivity contribution in [3.05, 3.63) is 13.8 Å². The molecule has 0 spiro atoms. The lowest BCUT2D eigenvalue weighted by atomic mass is 9.93. The van der Waals surface area contributed by atoms with E-state index < -0.39 is 0 Å². The molecule has 0 saturated heterocycles. The van der Waals surface area contributed by atoms with Crippen molar-refractivity contribution in [2.75, 3.05) is 0 Å². The molecule has 0 amide bonds. The van der Waals surface area contributed by atoms with Gasteiger partial charge in [-0.3, -0.25) is 0 Å². The van der Waals surface area contributed by atoms with Gasteiger partial charge in [0.25, 0.3) is 0 Å². The Morgan fingerprint density at radius 3 is 1.12 bits per heavy atom. The van der Waals surface area contributed by atoms with Crippen LogP contribution in [0.15, 0.2) is 0 Å². The fourth-order valence-corrected chi connectivity index (χ4v) is 3.89. The predicted octanol–water partition coefficient (Wildman–Crippen LogP) is 9.48. The Hall–Kier alpha value is 0. The summed E-state index contributed by atoms with van der Waals surface area (Å²) >= 11 is 0. The zero-order valence-electron chi connectivity index (χ0n) is 17.8. The monoisotopic (exact) mass is 350 g/mol. The summed E-state index contributed by atoms with van der Waals surface area (Å²) < 4.78 is 0. The van der Waals surface area contributed by atoms with Crippen LogP contribution in [-0.2, 0) is 0 Å². The first-order valence-electron chi connectivity index (χ1n) is 11.9. The largest absolute Gasteiger partial charge is 0.0651 e. The van der Waals surface area contributed by atoms with Crippen molar-refractivity contribution in [3.8, 4) is 0 Å². The highest BCUT2D eigenvalue weighted by atomic mass is 14.1. The second-order valence-electron chi connectivity index (χ2n) is 8.22. The SMILES string of the molecule is [CH2]CCCCCCCCCCCCCCCCCC(CC)CCC[CH2]. The van der Waals surface area contributed by atoms with Crippen molar-refractivity contribution >= 4 is 0 Å². The fraction of sp³-hybridized carbons (Fsp3) is 0.920. The molecule has 0 saturated carbocycles. The summed E-state index contributed by atoms with van der Waals surface area (Å²) in [4.78, 5) is 0. The van der Waals surface area contributed by atoms with Crippen molar-refractivity contribution in [2.45, 2.75) is 142 Å². The van der Waals surface area contributed by atoms with Gasteiger partial charge in [-0.2, -0.15) is 0 Å². The average Bonchev–Trinajstić information content (AvgIpc) is 2.63. The molecule has 0 aliphatic rings. The van der Waals surface area contributed by atoms with E-state index in [1.165, 1.54) is 122 Å². The first kappa shape index (κ1) is 25.0. The quantitative estimate of drug-likeness (QED) is 0.181. The van der Waals surface area contributed by atoms with Crippen LogP contribution in [0.2, 0.25) is 0 Å². The van der Waals surface area contributed by atoms with Gasteiger partial charge >= 0.3 is 0 Å². The lowest BCUT2D eigenvalue weighted by Crippen LogP contribution is -1.98. The molecular weight excluding hydrogens is 300 g/mol. The maximum absolute atomic E-state index is 3.97. The number of hydrogen-bond donors (Lipinski definition) is 0. The molecular formula is C25H50. The molecule has 0 aliphatic carbocycles. The summed E-state index contributed by atoms with van der Waals surface area (Å²) in [5.41, 5.74) is 0. The number of unbranched alkanes of at least 4 members (excludes halogenated alkanes) is 16. The summed E-state index contributed by atoms with van der Waals surface area (Å²) in [5, 5.41) is 0. The summed E-state index contributed by atoms with van der Waals surface area (Å²) in [6.07, 6.45) is 29.6. The maximum atomic E-state index is 3.97. The zero-order chi connectivity index (χ0) is 18.4. The van der Waals surface area contributed by atoms with Crippen LogP contribution >= 0.6 is 0 Å². The Kier molecular flexibility index (Phi) is 22.0. The smallest absolute Gasteiger partial charge is 0.0417 e. The van der Waals surface area contributed by atoms with E-state index >= 15 is 0 Å². The van der Waals surface area contributed by atoms with E-state index in [9.17, 15) is 0 Å². The van der Waals surface area contributed by atoms with Crippen LogP contribution in [0.4, 0.5) is 0 Å². The third-order valence-electron chi connectivity index (χ3n) is 5.80. The Bertz CT molecular complexity index is 220. The predicted molar refractivity (Wildman–Crippen MR) is 117 cm³/mol. The molecule has 0 aromatic heterocycles. The van der Waals surface area contributed by atoms with Crippen molar-refractivity contribution < 1.29 is 0 Å². The van der Waals surface area contributed by atoms with Gasteiger partial charge in [0.2, 0.25) is 0 Å². The van der Waals surface area contributed by atoms with E-state index in [1.54, 1.807) is 0 Å². The van der Waals surface area contributed by atoms with E-state index in [0.29, 0.717) is 0 Å². The van der Waals surface area contributed by atoms with Gasteiger partial charge < -0.3 is 0 Å². The van der Waals surface area contributed by atoms with Crippen LogP contribution in [0.3, 0.4) is 0 Å². The van der Waals surface area contributed by atoms with E-state index in [1.807, 2.05) is 0 Å². The second kappa shape index (κ2) is 22.0. The standard InChI is InChI=1S/C25H50/c1-4-7-9-10-11-12-13-14-15-16-17-18-19-20-21-22-24-25(6-3)23-8-5-2/h25H,1-2,4-24H2,3H3. The van der Waals surface area contributed by atoms with Crippen LogP contribution in [0.25, 0.3) is 0 Å². The minimum Gasteiger partial charge on any atom is -0.0651 e. The van der Waals surface area contributed by atoms with E-state index in [2.05, 4.69) is 20.8 Å². The minimum atomic E-state index is 0.977. The minimum absolute atomic E-state index is 0.977. The second-order valence-corrected chi connectivity index (χ2v) is 8.22.